The van der Waals surface area contributed by atoms with Crippen LogP contribution in [0.15, 0.2) is 48.7 Å². The fourth-order valence-corrected chi connectivity index (χ4v) is 7.22. The standard InChI is InChI=1S/C41H48N12O8/c1-52(22-24-21-46-35-33(47-24)34(42)50-41(43)51-35)25-13-11-23(12-14-25)36(57)48-28(15-18-31(55)56)37(58)45-20-7-5-3-2-4-6-19-44-27-10-8-9-26-32(27)40(61)53(39(26)60)29-16-17-30(54)49-38(29)59/h8-14,21,28-29,44H,2-7,15-20,22H2,1H3,(H,45,58)(H,48,57)(H,55,56)(H,49,54,59)(H4,42,43,46,50,51)/t28-,29?/m1/s1. The first-order valence-electron chi connectivity index (χ1n) is 20.1. The molecule has 2 aliphatic rings. The Hall–Kier alpha value is -7.25. The van der Waals surface area contributed by atoms with E-state index < -0.39 is 53.5 Å². The van der Waals surface area contributed by atoms with Gasteiger partial charge in [0.1, 0.15) is 12.1 Å². The Bertz CT molecular complexity index is 2340. The summed E-state index contributed by atoms with van der Waals surface area (Å²) in [6.45, 7) is 1.27. The Kier molecular flexibility index (Phi) is 14.0. The Morgan fingerprint density at radius 1 is 0.934 bits per heavy atom. The number of nitrogens with two attached hydrogens (primary N) is 2. The van der Waals surface area contributed by atoms with E-state index in [0.29, 0.717) is 48.5 Å². The highest BCUT2D eigenvalue weighted by Crippen LogP contribution is 2.32. The topological polar surface area (TPSA) is 298 Å². The molecule has 0 aliphatic carbocycles. The molecule has 4 heterocycles. The number of benzene rings is 2. The number of aromatic nitrogens is 4. The maximum atomic E-state index is 13.3. The SMILES string of the molecule is CN(Cc1cnc2nc(N)nc(N)c2n1)c1ccc(C(=O)N[C@H](CCC(=O)O)C(=O)NCCCCCCCCNc2cccc3c2C(=O)N(C2CCC(=O)NC2=O)C3=O)cc1. The van der Waals surface area contributed by atoms with Crippen molar-refractivity contribution >= 4 is 75.7 Å². The van der Waals surface area contributed by atoms with Gasteiger partial charge in [0, 0.05) is 49.9 Å². The lowest BCUT2D eigenvalue weighted by atomic mass is 10.0. The van der Waals surface area contributed by atoms with Crippen molar-refractivity contribution in [1.82, 2.24) is 40.8 Å². The summed E-state index contributed by atoms with van der Waals surface area (Å²) in [5.41, 5.74) is 14.8. The largest absolute Gasteiger partial charge is 0.481 e. The summed E-state index contributed by atoms with van der Waals surface area (Å²) in [6.07, 6.45) is 6.37. The van der Waals surface area contributed by atoms with E-state index in [1.165, 1.54) is 0 Å². The zero-order valence-electron chi connectivity index (χ0n) is 33.6. The van der Waals surface area contributed by atoms with Crippen LogP contribution in [0.1, 0.15) is 101 Å². The van der Waals surface area contributed by atoms with E-state index >= 15 is 0 Å². The lowest BCUT2D eigenvalue weighted by molar-refractivity contribution is -0.138. The summed E-state index contributed by atoms with van der Waals surface area (Å²) < 4.78 is 0. The van der Waals surface area contributed by atoms with Gasteiger partial charge >= 0.3 is 5.97 Å². The predicted octanol–water partition coefficient (Wildman–Crippen LogP) is 2.15. The molecule has 320 valence electrons. The van der Waals surface area contributed by atoms with Crippen LogP contribution in [0.3, 0.4) is 0 Å². The highest BCUT2D eigenvalue weighted by molar-refractivity contribution is 6.25. The van der Waals surface area contributed by atoms with E-state index in [-0.39, 0.29) is 54.2 Å². The number of carboxylic acids is 1. The van der Waals surface area contributed by atoms with Gasteiger partial charge in [-0.05, 0) is 62.1 Å². The number of unbranched alkanes of at least 4 members (excludes halogenated alkanes) is 5. The summed E-state index contributed by atoms with van der Waals surface area (Å²) >= 11 is 0. The maximum Gasteiger partial charge on any atom is 0.303 e. The molecule has 20 heteroatoms. The number of imide groups is 2. The number of anilines is 4. The minimum atomic E-state index is -1.09. The first-order chi connectivity index (χ1) is 29.3. The third-order valence-corrected chi connectivity index (χ3v) is 10.4. The Morgan fingerprint density at radius 3 is 2.38 bits per heavy atom. The van der Waals surface area contributed by atoms with Gasteiger partial charge in [-0.15, -0.1) is 0 Å². The van der Waals surface area contributed by atoms with Crippen molar-refractivity contribution < 1.29 is 38.7 Å². The van der Waals surface area contributed by atoms with Gasteiger partial charge in [-0.2, -0.15) is 9.97 Å². The fraction of sp³-hybridized carbons (Fsp3) is 0.390. The lowest BCUT2D eigenvalue weighted by Gasteiger charge is -2.27. The number of fused-ring (bicyclic) bond motifs is 2. The van der Waals surface area contributed by atoms with Crippen LogP contribution in [0.5, 0.6) is 0 Å². The Labute approximate surface area is 350 Å². The monoisotopic (exact) mass is 836 g/mol. The number of hydrogen-bond donors (Lipinski definition) is 7. The number of nitrogens with one attached hydrogen (secondary N) is 4. The second-order valence-electron chi connectivity index (χ2n) is 14.9. The molecule has 2 aliphatic heterocycles. The van der Waals surface area contributed by atoms with Gasteiger partial charge in [0.05, 0.1) is 29.6 Å². The maximum absolute atomic E-state index is 13.3. The minimum Gasteiger partial charge on any atom is -0.481 e. The minimum absolute atomic E-state index is 0.00523. The Balaban J connectivity index is 0.894. The second kappa shape index (κ2) is 19.7. The number of carbonyl (C=O) groups excluding carboxylic acids is 6. The molecule has 1 unspecified atom stereocenters. The number of carboxylic acid groups (broad SMARTS) is 1. The average Bonchev–Trinajstić information content (AvgIpc) is 3.48. The summed E-state index contributed by atoms with van der Waals surface area (Å²) in [7, 11) is 1.84. The highest BCUT2D eigenvalue weighted by Gasteiger charge is 2.45. The van der Waals surface area contributed by atoms with Crippen LogP contribution in [0.2, 0.25) is 0 Å². The number of amides is 6. The van der Waals surface area contributed by atoms with Crippen molar-refractivity contribution in [1.29, 1.82) is 0 Å². The van der Waals surface area contributed by atoms with E-state index in [9.17, 15) is 38.7 Å². The average molecular weight is 837 g/mol. The number of piperidine rings is 1. The van der Waals surface area contributed by atoms with Crippen LogP contribution in [0.25, 0.3) is 11.2 Å². The van der Waals surface area contributed by atoms with Crippen molar-refractivity contribution in [3.63, 3.8) is 0 Å². The number of carbonyl (C=O) groups is 7. The van der Waals surface area contributed by atoms with Crippen molar-refractivity contribution in [2.75, 3.05) is 41.8 Å². The normalized spacial score (nSPS) is 15.3. The quantitative estimate of drug-likeness (QED) is 0.0496. The van der Waals surface area contributed by atoms with Crippen molar-refractivity contribution in [3.05, 3.63) is 71.0 Å². The molecule has 4 aromatic rings. The molecule has 0 spiro atoms. The van der Waals surface area contributed by atoms with Gasteiger partial charge in [0.15, 0.2) is 17.0 Å². The second-order valence-corrected chi connectivity index (χ2v) is 14.9. The first-order valence-corrected chi connectivity index (χ1v) is 20.1. The predicted molar refractivity (Wildman–Crippen MR) is 223 cm³/mol. The third kappa shape index (κ3) is 10.7. The molecule has 2 atom stereocenters. The molecule has 2 aromatic carbocycles. The van der Waals surface area contributed by atoms with E-state index in [1.807, 2.05) is 11.9 Å². The molecule has 9 N–H and O–H groups in total. The van der Waals surface area contributed by atoms with Gasteiger partial charge < -0.3 is 37.4 Å². The number of aliphatic carboxylic acids is 1. The van der Waals surface area contributed by atoms with Crippen molar-refractivity contribution in [2.45, 2.75) is 82.8 Å². The number of rotatable bonds is 20. The molecule has 2 aromatic heterocycles. The van der Waals surface area contributed by atoms with Crippen LogP contribution in [0, 0.1) is 0 Å². The van der Waals surface area contributed by atoms with Crippen LogP contribution in [-0.4, -0.2) is 104 Å². The zero-order valence-corrected chi connectivity index (χ0v) is 33.6. The molecule has 0 bridgehead atoms. The van der Waals surface area contributed by atoms with Crippen LogP contribution < -0.4 is 37.6 Å². The van der Waals surface area contributed by atoms with Crippen LogP contribution >= 0.6 is 0 Å². The molecule has 6 rings (SSSR count). The molecule has 20 nitrogen and oxygen atoms in total. The molecule has 1 fully saturated rings. The van der Waals surface area contributed by atoms with Gasteiger partial charge in [0.25, 0.3) is 17.7 Å². The van der Waals surface area contributed by atoms with E-state index in [1.54, 1.807) is 48.7 Å². The molecule has 0 radical (unpaired) electrons. The molecule has 0 saturated carbocycles. The number of nitrogen functional groups attached to an aromatic ring is 2. The van der Waals surface area contributed by atoms with Crippen molar-refractivity contribution in [2.24, 2.45) is 0 Å². The molecule has 6 amide bonds. The van der Waals surface area contributed by atoms with Crippen LogP contribution in [0.4, 0.5) is 23.1 Å². The lowest BCUT2D eigenvalue weighted by Crippen LogP contribution is -2.54. The molecule has 1 saturated heterocycles. The Morgan fingerprint density at radius 2 is 1.66 bits per heavy atom. The van der Waals surface area contributed by atoms with Gasteiger partial charge in [0.2, 0.25) is 23.7 Å². The summed E-state index contributed by atoms with van der Waals surface area (Å²) in [5.74, 6) is -4.13. The van der Waals surface area contributed by atoms with Gasteiger partial charge in [-0.1, -0.05) is 31.7 Å². The van der Waals surface area contributed by atoms with Crippen LogP contribution in [-0.2, 0) is 25.7 Å². The summed E-state index contributed by atoms with van der Waals surface area (Å²) in [4.78, 5) is 108. The number of hydrogen-bond acceptors (Lipinski definition) is 15. The highest BCUT2D eigenvalue weighted by atomic mass is 16.4. The zero-order chi connectivity index (χ0) is 43.6. The summed E-state index contributed by atoms with van der Waals surface area (Å²) in [5, 5.41) is 20.2. The number of nitrogens with zero attached hydrogens (tertiary/aromatic N) is 6. The van der Waals surface area contributed by atoms with Crippen molar-refractivity contribution in [3.8, 4) is 0 Å². The van der Waals surface area contributed by atoms with Gasteiger partial charge in [-0.3, -0.25) is 43.8 Å². The smallest absolute Gasteiger partial charge is 0.303 e. The fourth-order valence-electron chi connectivity index (χ4n) is 7.22. The van der Waals surface area contributed by atoms with E-state index in [2.05, 4.69) is 41.2 Å². The molecule has 61 heavy (non-hydrogen) atoms. The van der Waals surface area contributed by atoms with Gasteiger partial charge in [-0.25, -0.2) is 9.97 Å². The van der Waals surface area contributed by atoms with E-state index in [4.69, 9.17) is 11.5 Å². The third-order valence-electron chi connectivity index (χ3n) is 10.4. The van der Waals surface area contributed by atoms with E-state index in [0.717, 1.165) is 42.7 Å². The molecular weight excluding hydrogens is 789 g/mol. The first kappa shape index (κ1) is 43.3. The summed E-state index contributed by atoms with van der Waals surface area (Å²) in [6, 6.07) is 9.59. The molecular formula is C41H48N12O8.